The van der Waals surface area contributed by atoms with Gasteiger partial charge < -0.3 is 9.32 Å². The van der Waals surface area contributed by atoms with E-state index in [1.807, 2.05) is 0 Å². The second-order valence-electron chi connectivity index (χ2n) is 18.0. The molecule has 2 heteroatoms. The summed E-state index contributed by atoms with van der Waals surface area (Å²) >= 11 is 0. The number of hydrogen-bond acceptors (Lipinski definition) is 2. The van der Waals surface area contributed by atoms with Crippen molar-refractivity contribution in [1.82, 2.24) is 0 Å². The first kappa shape index (κ1) is 32.3. The number of fused-ring (bicyclic) bond motifs is 10. The number of para-hydroxylation sites is 1. The molecule has 5 aliphatic rings. The van der Waals surface area contributed by atoms with Gasteiger partial charge in [0.1, 0.15) is 11.2 Å². The molecule has 4 saturated carbocycles. The highest BCUT2D eigenvalue weighted by Crippen LogP contribution is 2.94. The fourth-order valence-electron chi connectivity index (χ4n) is 13.6. The van der Waals surface area contributed by atoms with E-state index in [1.54, 1.807) is 11.1 Å². The van der Waals surface area contributed by atoms with Gasteiger partial charge in [-0.25, -0.2) is 0 Å². The fourth-order valence-corrected chi connectivity index (χ4v) is 13.6. The maximum Gasteiger partial charge on any atom is 0.137 e. The number of furan rings is 1. The van der Waals surface area contributed by atoms with Crippen LogP contribution in [0.1, 0.15) is 30.4 Å². The zero-order valence-electron chi connectivity index (χ0n) is 32.7. The highest BCUT2D eigenvalue weighted by molar-refractivity contribution is 6.06. The molecule has 0 bridgehead atoms. The molecule has 8 aromatic carbocycles. The molecule has 9 aromatic rings. The topological polar surface area (TPSA) is 16.4 Å². The van der Waals surface area contributed by atoms with Crippen LogP contribution in [0.2, 0.25) is 0 Å². The highest BCUT2D eigenvalue weighted by atomic mass is 16.3. The van der Waals surface area contributed by atoms with Crippen molar-refractivity contribution in [2.75, 3.05) is 4.90 Å². The average molecular weight is 756 g/mol. The molecule has 0 amide bonds. The van der Waals surface area contributed by atoms with E-state index in [2.05, 4.69) is 193 Å². The molecule has 1 aromatic heterocycles. The molecule has 0 aliphatic heterocycles. The summed E-state index contributed by atoms with van der Waals surface area (Å²) < 4.78 is 6.57. The van der Waals surface area contributed by atoms with Gasteiger partial charge in [0.15, 0.2) is 0 Å². The molecule has 2 nitrogen and oxygen atoms in total. The van der Waals surface area contributed by atoms with Crippen molar-refractivity contribution in [2.24, 2.45) is 29.1 Å². The lowest BCUT2D eigenvalue weighted by Gasteiger charge is -2.92. The van der Waals surface area contributed by atoms with Crippen molar-refractivity contribution in [3.05, 3.63) is 199 Å². The first-order valence-corrected chi connectivity index (χ1v) is 21.5. The quantitative estimate of drug-likeness (QED) is 0.168. The van der Waals surface area contributed by atoms with Gasteiger partial charge in [-0.1, -0.05) is 133 Å². The van der Waals surface area contributed by atoms with Crippen LogP contribution in [0.4, 0.5) is 17.1 Å². The summed E-state index contributed by atoms with van der Waals surface area (Å²) in [6, 6.07) is 69.8. The van der Waals surface area contributed by atoms with Gasteiger partial charge in [-0.3, -0.25) is 0 Å². The van der Waals surface area contributed by atoms with Gasteiger partial charge in [-0.2, -0.15) is 0 Å². The van der Waals surface area contributed by atoms with Crippen LogP contribution in [0.5, 0.6) is 0 Å². The smallest absolute Gasteiger partial charge is 0.137 e. The number of rotatable bonds is 6. The van der Waals surface area contributed by atoms with Crippen LogP contribution in [0.3, 0.4) is 0 Å². The van der Waals surface area contributed by atoms with Gasteiger partial charge in [0.05, 0.1) is 5.69 Å². The summed E-state index contributed by atoms with van der Waals surface area (Å²) in [6.07, 6.45) is 4.27. The van der Waals surface area contributed by atoms with Crippen molar-refractivity contribution >= 4 is 39.0 Å². The Morgan fingerprint density at radius 3 is 1.64 bits per heavy atom. The molecule has 0 N–H and O–H groups in total. The monoisotopic (exact) mass is 755 g/mol. The van der Waals surface area contributed by atoms with Gasteiger partial charge in [0.25, 0.3) is 0 Å². The first-order chi connectivity index (χ1) is 29.2. The van der Waals surface area contributed by atoms with E-state index in [0.29, 0.717) is 5.41 Å². The standard InChI is InChI=1S/C57H41NO/c1-4-12-35(13-5-1)38-20-25-49-47(29-38)48-33-42(23-26-50(48)57(49)54-31-40-30-41-32-55(57)56(40,41)54)58(43-22-24-45-44-18-10-11-19-52(44)59-53(45)34-43)51-27-21-39(36-14-6-2-7-15-36)28-46(51)37-16-8-3-9-17-37/h1-29,33-34,40-41,54-55H,30-32H2. The summed E-state index contributed by atoms with van der Waals surface area (Å²) in [4.78, 5) is 2.49. The number of anilines is 3. The second-order valence-corrected chi connectivity index (χ2v) is 18.0. The van der Waals surface area contributed by atoms with Crippen LogP contribution in [0, 0.1) is 29.1 Å². The Hall–Kier alpha value is -6.64. The van der Waals surface area contributed by atoms with E-state index in [-0.39, 0.29) is 5.41 Å². The zero-order chi connectivity index (χ0) is 38.5. The lowest BCUT2D eigenvalue weighted by atomic mass is 9.11. The molecule has 280 valence electrons. The molecule has 5 aliphatic carbocycles. The van der Waals surface area contributed by atoms with Crippen molar-refractivity contribution < 1.29 is 4.42 Å². The summed E-state index contributed by atoms with van der Waals surface area (Å²) in [6.45, 7) is 0. The Kier molecular flexibility index (Phi) is 6.31. The van der Waals surface area contributed by atoms with Crippen molar-refractivity contribution in [1.29, 1.82) is 0 Å². The van der Waals surface area contributed by atoms with Gasteiger partial charge in [-0.05, 0) is 147 Å². The molecule has 4 fully saturated rings. The van der Waals surface area contributed by atoms with Crippen molar-refractivity contribution in [2.45, 2.75) is 24.7 Å². The van der Waals surface area contributed by atoms with Crippen LogP contribution in [0.25, 0.3) is 66.4 Å². The Bertz CT molecular complexity index is 3160. The zero-order valence-corrected chi connectivity index (χ0v) is 32.7. The summed E-state index contributed by atoms with van der Waals surface area (Å²) in [5, 5.41) is 2.28. The Labute approximate surface area is 344 Å². The number of nitrogens with zero attached hydrogens (tertiary/aromatic N) is 1. The van der Waals surface area contributed by atoms with Crippen LogP contribution in [-0.2, 0) is 5.41 Å². The minimum Gasteiger partial charge on any atom is -0.456 e. The van der Waals surface area contributed by atoms with Gasteiger partial charge >= 0.3 is 0 Å². The maximum atomic E-state index is 6.57. The molecule has 0 saturated heterocycles. The minimum atomic E-state index is 0.135. The van der Waals surface area contributed by atoms with E-state index >= 15 is 0 Å². The molecule has 59 heavy (non-hydrogen) atoms. The average Bonchev–Trinajstić information content (AvgIpc) is 3.79. The van der Waals surface area contributed by atoms with Gasteiger partial charge in [-0.15, -0.1) is 0 Å². The molecule has 1 heterocycles. The normalized spacial score (nSPS) is 24.9. The highest BCUT2D eigenvalue weighted by Gasteiger charge is 2.90. The molecule has 2 spiro atoms. The third-order valence-electron chi connectivity index (χ3n) is 15.9. The molecular weight excluding hydrogens is 715 g/mol. The molecule has 4 unspecified atom stereocenters. The van der Waals surface area contributed by atoms with Crippen LogP contribution in [0.15, 0.2) is 192 Å². The number of benzene rings is 8. The molecule has 0 radical (unpaired) electrons. The van der Waals surface area contributed by atoms with Gasteiger partial charge in [0.2, 0.25) is 0 Å². The first-order valence-electron chi connectivity index (χ1n) is 21.5. The lowest BCUT2D eigenvalue weighted by Crippen LogP contribution is -2.88. The lowest BCUT2D eigenvalue weighted by molar-refractivity contribution is -0.412. The number of hydrogen-bond donors (Lipinski definition) is 0. The van der Waals surface area contributed by atoms with Crippen LogP contribution in [-0.4, -0.2) is 0 Å². The predicted octanol–water partition coefficient (Wildman–Crippen LogP) is 15.0. The van der Waals surface area contributed by atoms with E-state index in [1.165, 1.54) is 63.8 Å². The van der Waals surface area contributed by atoms with E-state index in [9.17, 15) is 0 Å². The molecule has 14 rings (SSSR count). The maximum absolute atomic E-state index is 6.57. The van der Waals surface area contributed by atoms with E-state index in [4.69, 9.17) is 4.42 Å². The van der Waals surface area contributed by atoms with Crippen LogP contribution < -0.4 is 4.90 Å². The molecule has 4 atom stereocenters. The third-order valence-corrected chi connectivity index (χ3v) is 15.9. The Morgan fingerprint density at radius 2 is 0.949 bits per heavy atom. The minimum absolute atomic E-state index is 0.135. The fraction of sp³-hybridized carbons (Fsp3) is 0.158. The Balaban J connectivity index is 1.01. The predicted molar refractivity (Wildman–Crippen MR) is 241 cm³/mol. The third kappa shape index (κ3) is 4.02. The summed E-state index contributed by atoms with van der Waals surface area (Å²) in [5.74, 6) is 3.48. The van der Waals surface area contributed by atoms with Crippen molar-refractivity contribution in [3.63, 3.8) is 0 Å². The summed E-state index contributed by atoms with van der Waals surface area (Å²) in [5.41, 5.74) is 19.3. The largest absolute Gasteiger partial charge is 0.456 e. The summed E-state index contributed by atoms with van der Waals surface area (Å²) in [7, 11) is 0. The SMILES string of the molecule is c1ccc(-c2ccc(N(c3ccc4c(c3)-c3cc(-c5ccccc5)ccc3C43C4CC5CC6CC3C564)c3ccc4c(c3)oc3ccccc34)c(-c3ccccc3)c2)cc1. The van der Waals surface area contributed by atoms with E-state index < -0.39 is 0 Å². The van der Waals surface area contributed by atoms with Gasteiger partial charge in [0, 0.05) is 39.2 Å². The van der Waals surface area contributed by atoms with E-state index in [0.717, 1.165) is 62.7 Å². The second kappa shape index (κ2) is 11.5. The van der Waals surface area contributed by atoms with Crippen molar-refractivity contribution in [3.8, 4) is 44.5 Å². The Morgan fingerprint density at radius 1 is 0.407 bits per heavy atom. The molecular formula is C57H41NO. The van der Waals surface area contributed by atoms with Crippen LogP contribution >= 0.6 is 0 Å².